The molecule has 78 valence electrons. The van der Waals surface area contributed by atoms with Gasteiger partial charge in [0.1, 0.15) is 0 Å². The first-order chi connectivity index (χ1) is 6.45. The number of halogens is 1. The van der Waals surface area contributed by atoms with E-state index in [1.807, 2.05) is 0 Å². The van der Waals surface area contributed by atoms with Gasteiger partial charge in [0, 0.05) is 11.6 Å². The van der Waals surface area contributed by atoms with Crippen LogP contribution in [-0.2, 0) is 0 Å². The Morgan fingerprint density at radius 2 is 1.93 bits per heavy atom. The molecule has 0 aliphatic heterocycles. The predicted molar refractivity (Wildman–Crippen MR) is 48.3 cm³/mol. The summed E-state index contributed by atoms with van der Waals surface area (Å²) in [7, 11) is 0. The minimum absolute atomic E-state index is 0.129. The van der Waals surface area contributed by atoms with Gasteiger partial charge in [0.2, 0.25) is 0 Å². The fourth-order valence-corrected chi connectivity index (χ4v) is 1.08. The first-order valence-corrected chi connectivity index (χ1v) is 4.09. The van der Waals surface area contributed by atoms with E-state index in [-0.39, 0.29) is 5.56 Å². The van der Waals surface area contributed by atoms with E-state index in [9.17, 15) is 9.50 Å². The van der Waals surface area contributed by atoms with Gasteiger partial charge < -0.3 is 21.1 Å². The summed E-state index contributed by atoms with van der Waals surface area (Å²) in [5.74, 6) is -2.49. The van der Waals surface area contributed by atoms with Crippen LogP contribution in [0.3, 0.4) is 0 Å². The van der Waals surface area contributed by atoms with Crippen molar-refractivity contribution in [1.82, 2.24) is 0 Å². The van der Waals surface area contributed by atoms with Gasteiger partial charge in [0.05, 0.1) is 6.10 Å². The Balaban J connectivity index is 3.17. The van der Waals surface area contributed by atoms with Crippen molar-refractivity contribution in [2.45, 2.75) is 19.1 Å². The average molecular weight is 201 g/mol. The number of aromatic hydroxyl groups is 2. The van der Waals surface area contributed by atoms with Gasteiger partial charge in [-0.15, -0.1) is 0 Å². The number of benzene rings is 1. The van der Waals surface area contributed by atoms with Gasteiger partial charge in [-0.3, -0.25) is 0 Å². The number of hydrogen-bond acceptors (Lipinski definition) is 4. The van der Waals surface area contributed by atoms with Gasteiger partial charge in [0.15, 0.2) is 17.3 Å². The molecule has 14 heavy (non-hydrogen) atoms. The standard InChI is InChI=1S/C9H12FNO3/c1-4(11)8(13)5-2-3-6(12)9(14)7(5)10/h2-4,8,12-14H,11H2,1H3/t4-,8-/m0/s1. The molecule has 0 saturated heterocycles. The topological polar surface area (TPSA) is 86.7 Å². The maximum atomic E-state index is 13.2. The molecule has 1 aromatic rings. The van der Waals surface area contributed by atoms with E-state index >= 15 is 0 Å². The second-order valence-corrected chi connectivity index (χ2v) is 3.14. The maximum absolute atomic E-state index is 13.2. The summed E-state index contributed by atoms with van der Waals surface area (Å²) in [5.41, 5.74) is 5.23. The van der Waals surface area contributed by atoms with Crippen molar-refractivity contribution in [2.75, 3.05) is 0 Å². The summed E-state index contributed by atoms with van der Waals surface area (Å²) in [6, 6.07) is 1.62. The van der Waals surface area contributed by atoms with E-state index in [0.717, 1.165) is 6.07 Å². The molecule has 0 aromatic heterocycles. The van der Waals surface area contributed by atoms with Crippen LogP contribution in [0.1, 0.15) is 18.6 Å². The van der Waals surface area contributed by atoms with Crippen LogP contribution in [0.25, 0.3) is 0 Å². The molecule has 5 heteroatoms. The highest BCUT2D eigenvalue weighted by molar-refractivity contribution is 5.43. The number of rotatable bonds is 2. The SMILES string of the molecule is C[C@H](N)[C@H](O)c1ccc(O)c(O)c1F. The van der Waals surface area contributed by atoms with E-state index in [2.05, 4.69) is 0 Å². The first kappa shape index (κ1) is 10.7. The maximum Gasteiger partial charge on any atom is 0.194 e. The molecule has 0 amide bonds. The summed E-state index contributed by atoms with van der Waals surface area (Å²) in [6.45, 7) is 1.51. The number of aliphatic hydroxyl groups excluding tert-OH is 1. The molecule has 0 bridgehead atoms. The Labute approximate surface area is 80.4 Å². The summed E-state index contributed by atoms with van der Waals surface area (Å²) >= 11 is 0. The lowest BCUT2D eigenvalue weighted by Crippen LogP contribution is -2.25. The molecule has 0 unspecified atom stereocenters. The summed E-state index contributed by atoms with van der Waals surface area (Å²) in [4.78, 5) is 0. The summed E-state index contributed by atoms with van der Waals surface area (Å²) in [5, 5.41) is 27.4. The summed E-state index contributed by atoms with van der Waals surface area (Å²) < 4.78 is 13.2. The highest BCUT2D eigenvalue weighted by Crippen LogP contribution is 2.32. The van der Waals surface area contributed by atoms with Crippen LogP contribution in [0.5, 0.6) is 11.5 Å². The second kappa shape index (κ2) is 3.81. The molecule has 0 spiro atoms. The predicted octanol–water partition coefficient (Wildman–Crippen LogP) is 0.617. The van der Waals surface area contributed by atoms with Crippen molar-refractivity contribution < 1.29 is 19.7 Å². The van der Waals surface area contributed by atoms with Gasteiger partial charge in [-0.1, -0.05) is 0 Å². The van der Waals surface area contributed by atoms with E-state index < -0.39 is 29.5 Å². The first-order valence-electron chi connectivity index (χ1n) is 4.09. The second-order valence-electron chi connectivity index (χ2n) is 3.14. The Kier molecular flexibility index (Phi) is 2.93. The van der Waals surface area contributed by atoms with Crippen LogP contribution in [0, 0.1) is 5.82 Å². The van der Waals surface area contributed by atoms with Gasteiger partial charge in [0.25, 0.3) is 0 Å². The Bertz CT molecular complexity index is 341. The van der Waals surface area contributed by atoms with Gasteiger partial charge in [-0.25, -0.2) is 4.39 Å². The van der Waals surface area contributed by atoms with Gasteiger partial charge >= 0.3 is 0 Å². The van der Waals surface area contributed by atoms with E-state index in [0.29, 0.717) is 0 Å². The smallest absolute Gasteiger partial charge is 0.194 e. The highest BCUT2D eigenvalue weighted by Gasteiger charge is 2.20. The fraction of sp³-hybridized carbons (Fsp3) is 0.333. The monoisotopic (exact) mass is 201 g/mol. The third-order valence-electron chi connectivity index (χ3n) is 1.94. The zero-order valence-electron chi connectivity index (χ0n) is 7.61. The van der Waals surface area contributed by atoms with Crippen molar-refractivity contribution in [1.29, 1.82) is 0 Å². The quantitative estimate of drug-likeness (QED) is 0.528. The van der Waals surface area contributed by atoms with Gasteiger partial charge in [-0.05, 0) is 19.1 Å². The lowest BCUT2D eigenvalue weighted by molar-refractivity contribution is 0.148. The van der Waals surface area contributed by atoms with Crippen LogP contribution < -0.4 is 5.73 Å². The molecule has 5 N–H and O–H groups in total. The fourth-order valence-electron chi connectivity index (χ4n) is 1.08. The molecule has 0 aliphatic rings. The van der Waals surface area contributed by atoms with Crippen molar-refractivity contribution in [2.24, 2.45) is 5.73 Å². The lowest BCUT2D eigenvalue weighted by Gasteiger charge is -2.16. The molecule has 4 nitrogen and oxygen atoms in total. The normalized spacial score (nSPS) is 15.1. The van der Waals surface area contributed by atoms with Crippen molar-refractivity contribution in [3.63, 3.8) is 0 Å². The lowest BCUT2D eigenvalue weighted by atomic mass is 10.0. The minimum Gasteiger partial charge on any atom is -0.504 e. The van der Waals surface area contributed by atoms with Crippen LogP contribution in [-0.4, -0.2) is 21.4 Å². The van der Waals surface area contributed by atoms with Crippen molar-refractivity contribution in [3.8, 4) is 11.5 Å². The Morgan fingerprint density at radius 3 is 2.43 bits per heavy atom. The summed E-state index contributed by atoms with van der Waals surface area (Å²) in [6.07, 6.45) is -1.21. The third kappa shape index (κ3) is 1.78. The Morgan fingerprint density at radius 1 is 1.36 bits per heavy atom. The van der Waals surface area contributed by atoms with E-state index in [1.165, 1.54) is 13.0 Å². The zero-order chi connectivity index (χ0) is 10.9. The molecule has 0 heterocycles. The molecular formula is C9H12FNO3. The molecule has 0 aliphatic carbocycles. The van der Waals surface area contributed by atoms with Crippen LogP contribution in [0.4, 0.5) is 4.39 Å². The number of phenolic OH excluding ortho intramolecular Hbond substituents is 2. The third-order valence-corrected chi connectivity index (χ3v) is 1.94. The number of phenols is 2. The van der Waals surface area contributed by atoms with Gasteiger partial charge in [-0.2, -0.15) is 0 Å². The van der Waals surface area contributed by atoms with Crippen LogP contribution in [0.2, 0.25) is 0 Å². The highest BCUT2D eigenvalue weighted by atomic mass is 19.1. The van der Waals surface area contributed by atoms with E-state index in [4.69, 9.17) is 15.9 Å². The molecular weight excluding hydrogens is 189 g/mol. The molecule has 1 aromatic carbocycles. The van der Waals surface area contributed by atoms with Crippen molar-refractivity contribution in [3.05, 3.63) is 23.5 Å². The zero-order valence-corrected chi connectivity index (χ0v) is 7.61. The average Bonchev–Trinajstić information content (AvgIpc) is 2.13. The molecule has 0 saturated carbocycles. The minimum atomic E-state index is -1.21. The van der Waals surface area contributed by atoms with Crippen molar-refractivity contribution >= 4 is 0 Å². The number of aliphatic hydroxyl groups is 1. The van der Waals surface area contributed by atoms with Crippen LogP contribution >= 0.6 is 0 Å². The number of hydrogen-bond donors (Lipinski definition) is 4. The number of nitrogens with two attached hydrogens (primary N) is 1. The Hall–Kier alpha value is -1.33. The molecule has 2 atom stereocenters. The molecule has 0 fully saturated rings. The van der Waals surface area contributed by atoms with Crippen LogP contribution in [0.15, 0.2) is 12.1 Å². The molecule has 1 rings (SSSR count). The van der Waals surface area contributed by atoms with E-state index in [1.54, 1.807) is 0 Å². The largest absolute Gasteiger partial charge is 0.504 e. The molecule has 0 radical (unpaired) electrons.